The molecule has 0 aromatic carbocycles. The predicted molar refractivity (Wildman–Crippen MR) is 39.4 cm³/mol. The third-order valence-electron chi connectivity index (χ3n) is 0.601. The average Bonchev–Trinajstić information content (AvgIpc) is 1.27. The standard InChI is InChI=1S/C7H12.CH3.W.Y/c1-6(2)5-7(3)4;;;/h5-7H,1-3H2,4H3;1H3;;/q-4;-1;+2;+3. The van der Waals surface area contributed by atoms with E-state index in [1.807, 2.05) is 13.3 Å². The fourth-order valence-electron chi connectivity index (χ4n) is 0.465. The van der Waals surface area contributed by atoms with Crippen LogP contribution < -0.4 is 0 Å². The summed E-state index contributed by atoms with van der Waals surface area (Å²) in [6.45, 7) is 13.1. The Kier molecular flexibility index (Phi) is 30.3. The van der Waals surface area contributed by atoms with Crippen LogP contribution in [-0.2, 0) is 53.8 Å². The van der Waals surface area contributed by atoms with Crippen LogP contribution in [0.25, 0.3) is 0 Å². The first kappa shape index (κ1) is 22.6. The molecule has 0 radical (unpaired) electrons. The Morgan fingerprint density at radius 3 is 1.50 bits per heavy atom. The van der Waals surface area contributed by atoms with Crippen LogP contribution in [0.1, 0.15) is 6.92 Å². The van der Waals surface area contributed by atoms with Crippen LogP contribution in [0, 0.1) is 46.5 Å². The molecular weight excluding hydrogens is 369 g/mol. The van der Waals surface area contributed by atoms with Gasteiger partial charge in [-0.15, -0.1) is 6.92 Å². The summed E-state index contributed by atoms with van der Waals surface area (Å²) < 4.78 is 0. The van der Waals surface area contributed by atoms with E-state index in [0.29, 0.717) is 5.92 Å². The topological polar surface area (TPSA) is 0 Å². The minimum atomic E-state index is 0. The Bertz CT molecular complexity index is 38.5. The predicted octanol–water partition coefficient (Wildman–Crippen LogP) is 2.39. The summed E-state index contributed by atoms with van der Waals surface area (Å²) in [5.74, 6) is 0.562. The van der Waals surface area contributed by atoms with Crippen LogP contribution >= 0.6 is 0 Å². The minimum Gasteiger partial charge on any atom is -0.446 e. The van der Waals surface area contributed by atoms with Gasteiger partial charge in [0, 0.05) is 0 Å². The zero-order valence-corrected chi connectivity index (χ0v) is 12.6. The van der Waals surface area contributed by atoms with Crippen LogP contribution in [0.2, 0.25) is 0 Å². The Hall–Kier alpha value is 1.79. The van der Waals surface area contributed by atoms with Crippen molar-refractivity contribution in [1.82, 2.24) is 0 Å². The van der Waals surface area contributed by atoms with Crippen molar-refractivity contribution in [2.24, 2.45) is 11.8 Å². The molecule has 0 aliphatic rings. The molecule has 0 aromatic heterocycles. The van der Waals surface area contributed by atoms with Crippen LogP contribution in [0.5, 0.6) is 0 Å². The first-order chi connectivity index (χ1) is 3.13. The molecule has 0 saturated carbocycles. The molecule has 0 bridgehead atoms. The normalized spacial score (nSPS) is 10.5. The van der Waals surface area contributed by atoms with Gasteiger partial charge in [-0.05, 0) is 0 Å². The first-order valence-corrected chi connectivity index (χ1v) is 2.47. The molecule has 0 aliphatic carbocycles. The van der Waals surface area contributed by atoms with Crippen molar-refractivity contribution < 1.29 is 53.8 Å². The van der Waals surface area contributed by atoms with Gasteiger partial charge < -0.3 is 46.5 Å². The van der Waals surface area contributed by atoms with E-state index in [1.165, 1.54) is 0 Å². The van der Waals surface area contributed by atoms with Crippen LogP contribution in [0.3, 0.4) is 0 Å². The quantitative estimate of drug-likeness (QED) is 0.642. The maximum Gasteiger partial charge on any atom is 3.00 e. The van der Waals surface area contributed by atoms with Gasteiger partial charge in [-0.25, -0.2) is 0 Å². The zero-order chi connectivity index (χ0) is 5.86. The van der Waals surface area contributed by atoms with E-state index in [0.717, 1.165) is 0 Å². The smallest absolute Gasteiger partial charge is 0.446 e. The van der Waals surface area contributed by atoms with Gasteiger partial charge in [-0.1, -0.05) is 0 Å². The van der Waals surface area contributed by atoms with Gasteiger partial charge in [-0.3, -0.25) is 0 Å². The molecule has 2 heteroatoms. The maximum atomic E-state index is 3.74. The number of rotatable bonds is 2. The van der Waals surface area contributed by atoms with E-state index >= 15 is 0 Å². The summed E-state index contributed by atoms with van der Waals surface area (Å²) >= 11 is 0. The Morgan fingerprint density at radius 1 is 1.20 bits per heavy atom. The second-order valence-electron chi connectivity index (χ2n) is 1.93. The van der Waals surface area contributed by atoms with Gasteiger partial charge in [0.25, 0.3) is 0 Å². The molecule has 0 spiro atoms. The summed E-state index contributed by atoms with van der Waals surface area (Å²) in [5, 5.41) is 0. The van der Waals surface area contributed by atoms with E-state index in [-0.39, 0.29) is 67.1 Å². The molecule has 0 amide bonds. The van der Waals surface area contributed by atoms with E-state index < -0.39 is 0 Å². The molecule has 0 aliphatic heterocycles. The monoisotopic (exact) mass is 384 g/mol. The SMILES string of the molecule is [CH2-]C([CH2-])[CH-]C([CH2-])C.[CH3-].[W+2].[Y+3]. The number of hydrogen-bond acceptors (Lipinski definition) is 0. The van der Waals surface area contributed by atoms with E-state index in [9.17, 15) is 0 Å². The fraction of sp³-hybridized carbons (Fsp3) is 0.375. The average molecular weight is 384 g/mol. The third kappa shape index (κ3) is 22.6. The molecule has 0 heterocycles. The van der Waals surface area contributed by atoms with Gasteiger partial charge >= 0.3 is 53.8 Å². The summed E-state index contributed by atoms with van der Waals surface area (Å²) in [6.07, 6.45) is 2.00. The molecule has 1 atom stereocenters. The molecule has 0 aromatic rings. The number of hydrogen-bond donors (Lipinski definition) is 0. The van der Waals surface area contributed by atoms with Crippen LogP contribution in [0.15, 0.2) is 0 Å². The molecule has 56 valence electrons. The van der Waals surface area contributed by atoms with Gasteiger partial charge in [0.2, 0.25) is 0 Å². The summed E-state index contributed by atoms with van der Waals surface area (Å²) in [7, 11) is 0. The molecular formula is C8H15WY. The summed E-state index contributed by atoms with van der Waals surface area (Å²) in [6, 6.07) is 0. The van der Waals surface area contributed by atoms with Crippen LogP contribution in [-0.4, -0.2) is 0 Å². The zero-order valence-electron chi connectivity index (χ0n) is 6.84. The van der Waals surface area contributed by atoms with Crippen molar-refractivity contribution in [2.75, 3.05) is 0 Å². The molecule has 0 saturated heterocycles. The second kappa shape index (κ2) is 13.4. The van der Waals surface area contributed by atoms with Crippen LogP contribution in [0.4, 0.5) is 0 Å². The van der Waals surface area contributed by atoms with Crippen molar-refractivity contribution in [3.05, 3.63) is 34.6 Å². The fourth-order valence-corrected chi connectivity index (χ4v) is 0.465. The van der Waals surface area contributed by atoms with Gasteiger partial charge in [-0.2, -0.15) is 0 Å². The third-order valence-corrected chi connectivity index (χ3v) is 0.601. The second-order valence-corrected chi connectivity index (χ2v) is 1.93. The first-order valence-electron chi connectivity index (χ1n) is 2.47. The van der Waals surface area contributed by atoms with E-state index in [2.05, 4.69) is 20.8 Å². The molecule has 0 N–H and O–H groups in total. The molecule has 1 unspecified atom stereocenters. The Labute approximate surface area is 106 Å². The van der Waals surface area contributed by atoms with Crippen molar-refractivity contribution in [1.29, 1.82) is 0 Å². The Balaban J connectivity index is -0.0000000600. The van der Waals surface area contributed by atoms with Crippen molar-refractivity contribution >= 4 is 0 Å². The van der Waals surface area contributed by atoms with Gasteiger partial charge in [0.1, 0.15) is 0 Å². The largest absolute Gasteiger partial charge is 3.00 e. The maximum absolute atomic E-state index is 3.74. The molecule has 10 heavy (non-hydrogen) atoms. The van der Waals surface area contributed by atoms with Crippen molar-refractivity contribution in [3.63, 3.8) is 0 Å². The molecule has 0 rings (SSSR count). The van der Waals surface area contributed by atoms with E-state index in [4.69, 9.17) is 0 Å². The molecule has 0 nitrogen and oxygen atoms in total. The summed E-state index contributed by atoms with van der Waals surface area (Å²) in [4.78, 5) is 0. The summed E-state index contributed by atoms with van der Waals surface area (Å²) in [5.41, 5.74) is 0. The molecule has 0 fully saturated rings. The van der Waals surface area contributed by atoms with Gasteiger partial charge in [0.15, 0.2) is 0 Å². The van der Waals surface area contributed by atoms with Crippen molar-refractivity contribution in [3.8, 4) is 0 Å². The van der Waals surface area contributed by atoms with Crippen molar-refractivity contribution in [2.45, 2.75) is 6.92 Å². The van der Waals surface area contributed by atoms with Gasteiger partial charge in [0.05, 0.1) is 0 Å². The van der Waals surface area contributed by atoms with E-state index in [1.54, 1.807) is 0 Å². The Morgan fingerprint density at radius 2 is 1.50 bits per heavy atom. The minimum absolute atomic E-state index is 0.